The predicted molar refractivity (Wildman–Crippen MR) is 94.5 cm³/mol. The molecule has 1 aromatic heterocycles. The van der Waals surface area contributed by atoms with E-state index in [1.54, 1.807) is 6.20 Å². The number of benzene rings is 1. The van der Waals surface area contributed by atoms with Gasteiger partial charge in [0.1, 0.15) is 0 Å². The summed E-state index contributed by atoms with van der Waals surface area (Å²) in [6.45, 7) is 5.01. The molecule has 5 heteroatoms. The number of hydrogen-bond donors (Lipinski definition) is 1. The molecule has 4 rings (SSSR count). The van der Waals surface area contributed by atoms with Crippen molar-refractivity contribution in [2.75, 3.05) is 24.5 Å². The first-order valence-electron chi connectivity index (χ1n) is 8.89. The van der Waals surface area contributed by atoms with Gasteiger partial charge in [-0.15, -0.1) is 0 Å². The van der Waals surface area contributed by atoms with Crippen LogP contribution < -0.4 is 10.2 Å². The lowest BCUT2D eigenvalue weighted by Crippen LogP contribution is -2.36. The molecular formula is C19H24N4O. The number of aromatic nitrogens is 2. The predicted octanol–water partition coefficient (Wildman–Crippen LogP) is 2.96. The number of carbonyl (C=O) groups is 1. The topological polar surface area (TPSA) is 50.2 Å². The normalized spacial score (nSPS) is 23.8. The van der Waals surface area contributed by atoms with Crippen LogP contribution in [-0.4, -0.2) is 35.3 Å². The third kappa shape index (κ3) is 2.73. The smallest absolute Gasteiger partial charge is 0.261 e. The van der Waals surface area contributed by atoms with E-state index >= 15 is 0 Å². The zero-order valence-electron chi connectivity index (χ0n) is 14.1. The number of para-hydroxylation sites is 1. The highest BCUT2D eigenvalue weighted by molar-refractivity contribution is 6.06. The Hall–Kier alpha value is -2.14. The lowest BCUT2D eigenvalue weighted by molar-refractivity contribution is 0.0984. The Kier molecular flexibility index (Phi) is 4.10. The Morgan fingerprint density at radius 3 is 3.00 bits per heavy atom. The van der Waals surface area contributed by atoms with Crippen LogP contribution in [0.2, 0.25) is 0 Å². The van der Waals surface area contributed by atoms with Crippen molar-refractivity contribution in [1.29, 1.82) is 0 Å². The standard InChI is InChI=1S/C19H24N4O/c1-14-8-10-22(18-7-3-2-6-17(14)18)19(24)15-11-21-23(13-15)16-5-4-9-20-12-16/h2-3,6-7,11,13-14,16,20H,4-5,8-10,12H2,1H3. The third-order valence-corrected chi connectivity index (χ3v) is 5.28. The first kappa shape index (κ1) is 15.4. The fourth-order valence-electron chi connectivity index (χ4n) is 3.82. The molecule has 24 heavy (non-hydrogen) atoms. The van der Waals surface area contributed by atoms with Gasteiger partial charge in [-0.3, -0.25) is 9.48 Å². The van der Waals surface area contributed by atoms with Gasteiger partial charge in [0.2, 0.25) is 0 Å². The molecule has 1 aromatic carbocycles. The molecule has 2 aromatic rings. The van der Waals surface area contributed by atoms with Crippen LogP contribution in [0.1, 0.15) is 54.1 Å². The summed E-state index contributed by atoms with van der Waals surface area (Å²) in [5, 5.41) is 7.85. The van der Waals surface area contributed by atoms with Crippen LogP contribution in [-0.2, 0) is 0 Å². The van der Waals surface area contributed by atoms with Crippen molar-refractivity contribution in [3.63, 3.8) is 0 Å². The van der Waals surface area contributed by atoms with Gasteiger partial charge >= 0.3 is 0 Å². The number of piperidine rings is 1. The molecule has 1 amide bonds. The Balaban J connectivity index is 1.58. The summed E-state index contributed by atoms with van der Waals surface area (Å²) >= 11 is 0. The Morgan fingerprint density at radius 1 is 1.29 bits per heavy atom. The van der Waals surface area contributed by atoms with Gasteiger partial charge in [-0.2, -0.15) is 5.10 Å². The zero-order valence-corrected chi connectivity index (χ0v) is 14.1. The fraction of sp³-hybridized carbons (Fsp3) is 0.474. The minimum absolute atomic E-state index is 0.0596. The van der Waals surface area contributed by atoms with Gasteiger partial charge in [-0.25, -0.2) is 0 Å². The molecule has 1 fully saturated rings. The summed E-state index contributed by atoms with van der Waals surface area (Å²) < 4.78 is 1.96. The zero-order chi connectivity index (χ0) is 16.5. The number of hydrogen-bond acceptors (Lipinski definition) is 3. The summed E-state index contributed by atoms with van der Waals surface area (Å²) in [5.74, 6) is 0.561. The van der Waals surface area contributed by atoms with Gasteiger partial charge in [-0.05, 0) is 43.4 Å². The molecule has 1 N–H and O–H groups in total. The van der Waals surface area contributed by atoms with Crippen LogP contribution in [0.4, 0.5) is 5.69 Å². The summed E-state index contributed by atoms with van der Waals surface area (Å²) in [6, 6.07) is 8.61. The van der Waals surface area contributed by atoms with Crippen LogP contribution >= 0.6 is 0 Å². The maximum absolute atomic E-state index is 13.0. The van der Waals surface area contributed by atoms with Gasteiger partial charge < -0.3 is 10.2 Å². The van der Waals surface area contributed by atoms with Crippen LogP contribution in [0.3, 0.4) is 0 Å². The third-order valence-electron chi connectivity index (χ3n) is 5.28. The SMILES string of the molecule is CC1CCN(C(=O)c2cnn(C3CCCNC3)c2)c2ccccc21. The summed E-state index contributed by atoms with van der Waals surface area (Å²) in [5.41, 5.74) is 3.00. The van der Waals surface area contributed by atoms with Gasteiger partial charge in [-0.1, -0.05) is 25.1 Å². The quantitative estimate of drug-likeness (QED) is 0.924. The summed E-state index contributed by atoms with van der Waals surface area (Å²) in [7, 11) is 0. The molecule has 1 saturated heterocycles. The average Bonchev–Trinajstić information content (AvgIpc) is 3.13. The maximum atomic E-state index is 13.0. The molecule has 2 aliphatic heterocycles. The van der Waals surface area contributed by atoms with Crippen molar-refractivity contribution >= 4 is 11.6 Å². The minimum Gasteiger partial charge on any atom is -0.315 e. The second-order valence-corrected chi connectivity index (χ2v) is 6.91. The minimum atomic E-state index is 0.0596. The molecule has 0 spiro atoms. The van der Waals surface area contributed by atoms with Crippen molar-refractivity contribution in [2.24, 2.45) is 0 Å². The van der Waals surface area contributed by atoms with E-state index in [1.165, 1.54) is 5.56 Å². The van der Waals surface area contributed by atoms with Crippen molar-refractivity contribution in [3.05, 3.63) is 47.8 Å². The van der Waals surface area contributed by atoms with Crippen molar-refractivity contribution in [3.8, 4) is 0 Å². The Bertz CT molecular complexity index is 732. The molecular weight excluding hydrogens is 300 g/mol. The van der Waals surface area contributed by atoms with Crippen LogP contribution in [0.25, 0.3) is 0 Å². The molecule has 3 heterocycles. The molecule has 126 valence electrons. The van der Waals surface area contributed by atoms with E-state index in [0.29, 0.717) is 17.5 Å². The van der Waals surface area contributed by atoms with Crippen molar-refractivity contribution in [1.82, 2.24) is 15.1 Å². The molecule has 0 bridgehead atoms. The Morgan fingerprint density at radius 2 is 2.17 bits per heavy atom. The lowest BCUT2D eigenvalue weighted by atomic mass is 9.91. The molecule has 2 atom stereocenters. The number of fused-ring (bicyclic) bond motifs is 1. The number of amides is 1. The lowest BCUT2D eigenvalue weighted by Gasteiger charge is -2.32. The van der Waals surface area contributed by atoms with E-state index in [4.69, 9.17) is 0 Å². The highest BCUT2D eigenvalue weighted by Crippen LogP contribution is 2.35. The van der Waals surface area contributed by atoms with E-state index < -0.39 is 0 Å². The second kappa shape index (κ2) is 6.40. The first-order chi connectivity index (χ1) is 11.7. The average molecular weight is 324 g/mol. The largest absolute Gasteiger partial charge is 0.315 e. The van der Waals surface area contributed by atoms with Gasteiger partial charge in [0.05, 0.1) is 17.8 Å². The van der Waals surface area contributed by atoms with Crippen LogP contribution in [0.5, 0.6) is 0 Å². The van der Waals surface area contributed by atoms with Gasteiger partial charge in [0.25, 0.3) is 5.91 Å². The number of carbonyl (C=O) groups excluding carboxylic acids is 1. The van der Waals surface area contributed by atoms with E-state index in [-0.39, 0.29) is 5.91 Å². The monoisotopic (exact) mass is 324 g/mol. The molecule has 0 saturated carbocycles. The fourth-order valence-corrected chi connectivity index (χ4v) is 3.82. The van der Waals surface area contributed by atoms with Crippen molar-refractivity contribution in [2.45, 2.75) is 38.1 Å². The molecule has 5 nitrogen and oxygen atoms in total. The Labute approximate surface area is 142 Å². The van der Waals surface area contributed by atoms with E-state index in [2.05, 4.69) is 35.5 Å². The molecule has 0 aliphatic carbocycles. The van der Waals surface area contributed by atoms with E-state index in [9.17, 15) is 4.79 Å². The second-order valence-electron chi connectivity index (χ2n) is 6.91. The van der Waals surface area contributed by atoms with Crippen LogP contribution in [0, 0.1) is 0 Å². The van der Waals surface area contributed by atoms with E-state index in [1.807, 2.05) is 21.8 Å². The number of anilines is 1. The molecule has 0 radical (unpaired) electrons. The number of rotatable bonds is 2. The van der Waals surface area contributed by atoms with Gasteiger partial charge in [0, 0.05) is 25.0 Å². The van der Waals surface area contributed by atoms with Crippen LogP contribution in [0.15, 0.2) is 36.7 Å². The highest BCUT2D eigenvalue weighted by atomic mass is 16.2. The highest BCUT2D eigenvalue weighted by Gasteiger charge is 2.28. The summed E-state index contributed by atoms with van der Waals surface area (Å²) in [4.78, 5) is 14.9. The van der Waals surface area contributed by atoms with E-state index in [0.717, 1.165) is 44.6 Å². The molecule has 2 unspecified atom stereocenters. The summed E-state index contributed by atoms with van der Waals surface area (Å²) in [6.07, 6.45) is 6.92. The first-order valence-corrected chi connectivity index (χ1v) is 8.89. The van der Waals surface area contributed by atoms with Gasteiger partial charge in [0.15, 0.2) is 0 Å². The number of nitrogens with zero attached hydrogens (tertiary/aromatic N) is 3. The maximum Gasteiger partial charge on any atom is 0.261 e. The number of nitrogens with one attached hydrogen (secondary N) is 1. The van der Waals surface area contributed by atoms with Crippen molar-refractivity contribution < 1.29 is 4.79 Å². The molecule has 2 aliphatic rings.